The van der Waals surface area contributed by atoms with Crippen LogP contribution in [0.2, 0.25) is 0 Å². The molecule has 1 heterocycles. The topological polar surface area (TPSA) is 91.3 Å². The third kappa shape index (κ3) is 3.93. The SMILES string of the molecule is CC(NC(=O)NCC1CCCC1)c1nc(C(=O)O)cs1. The van der Waals surface area contributed by atoms with Crippen molar-refractivity contribution in [2.45, 2.75) is 38.6 Å². The molecule has 1 aromatic rings. The third-order valence-corrected chi connectivity index (χ3v) is 4.51. The molecular weight excluding hydrogens is 278 g/mol. The van der Waals surface area contributed by atoms with E-state index in [4.69, 9.17) is 5.11 Å². The highest BCUT2D eigenvalue weighted by molar-refractivity contribution is 7.09. The summed E-state index contributed by atoms with van der Waals surface area (Å²) >= 11 is 1.24. The number of urea groups is 1. The highest BCUT2D eigenvalue weighted by Gasteiger charge is 2.18. The lowest BCUT2D eigenvalue weighted by Gasteiger charge is -2.14. The minimum Gasteiger partial charge on any atom is -0.476 e. The number of nitrogens with zero attached hydrogens (tertiary/aromatic N) is 1. The van der Waals surface area contributed by atoms with Gasteiger partial charge < -0.3 is 15.7 Å². The molecule has 1 fully saturated rings. The molecule has 3 N–H and O–H groups in total. The van der Waals surface area contributed by atoms with Crippen LogP contribution in [-0.2, 0) is 0 Å². The average molecular weight is 297 g/mol. The summed E-state index contributed by atoms with van der Waals surface area (Å²) in [5, 5.41) is 16.5. The van der Waals surface area contributed by atoms with E-state index in [1.54, 1.807) is 6.92 Å². The lowest BCUT2D eigenvalue weighted by molar-refractivity contribution is 0.0691. The standard InChI is InChI=1S/C13H19N3O3S/c1-8(11-16-10(7-20-11)12(17)18)15-13(19)14-6-9-4-2-3-5-9/h7-9H,2-6H2,1H3,(H,17,18)(H2,14,15,19). The fraction of sp³-hybridized carbons (Fsp3) is 0.615. The number of aromatic carboxylic acids is 1. The van der Waals surface area contributed by atoms with Gasteiger partial charge in [0.25, 0.3) is 0 Å². The molecule has 110 valence electrons. The number of carboxylic acid groups (broad SMARTS) is 1. The van der Waals surface area contributed by atoms with Gasteiger partial charge in [0.15, 0.2) is 5.69 Å². The Morgan fingerprint density at radius 1 is 1.50 bits per heavy atom. The molecule has 1 saturated carbocycles. The van der Waals surface area contributed by atoms with Crippen LogP contribution in [0.4, 0.5) is 4.79 Å². The molecule has 0 aromatic carbocycles. The second-order valence-electron chi connectivity index (χ2n) is 5.10. The summed E-state index contributed by atoms with van der Waals surface area (Å²) in [6.07, 6.45) is 4.87. The summed E-state index contributed by atoms with van der Waals surface area (Å²) in [6, 6.07) is -0.520. The van der Waals surface area contributed by atoms with Gasteiger partial charge >= 0.3 is 12.0 Å². The van der Waals surface area contributed by atoms with Crippen molar-refractivity contribution in [2.24, 2.45) is 5.92 Å². The highest BCUT2D eigenvalue weighted by atomic mass is 32.1. The zero-order chi connectivity index (χ0) is 14.5. The Kier molecular flexibility index (Phi) is 4.94. The molecular formula is C13H19N3O3S. The van der Waals surface area contributed by atoms with E-state index in [2.05, 4.69) is 15.6 Å². The first-order valence-electron chi connectivity index (χ1n) is 6.79. The van der Waals surface area contributed by atoms with Crippen LogP contribution in [0.5, 0.6) is 0 Å². The fourth-order valence-corrected chi connectivity index (χ4v) is 3.15. The van der Waals surface area contributed by atoms with E-state index in [0.717, 1.165) is 0 Å². The van der Waals surface area contributed by atoms with E-state index in [1.165, 1.54) is 42.4 Å². The number of carbonyl (C=O) groups is 2. The zero-order valence-electron chi connectivity index (χ0n) is 11.4. The number of carbonyl (C=O) groups excluding carboxylic acids is 1. The number of hydrogen-bond acceptors (Lipinski definition) is 4. The Hall–Kier alpha value is -1.63. The van der Waals surface area contributed by atoms with Crippen molar-refractivity contribution in [3.05, 3.63) is 16.1 Å². The van der Waals surface area contributed by atoms with Crippen molar-refractivity contribution in [2.75, 3.05) is 6.54 Å². The summed E-state index contributed by atoms with van der Waals surface area (Å²) in [7, 11) is 0. The van der Waals surface area contributed by atoms with Gasteiger partial charge in [-0.3, -0.25) is 0 Å². The summed E-state index contributed by atoms with van der Waals surface area (Å²) in [5.74, 6) is -0.458. The largest absolute Gasteiger partial charge is 0.476 e. The lowest BCUT2D eigenvalue weighted by atomic mass is 10.1. The first-order chi connectivity index (χ1) is 9.56. The number of hydrogen-bond donors (Lipinski definition) is 3. The first kappa shape index (κ1) is 14.8. The molecule has 1 aliphatic rings. The summed E-state index contributed by atoms with van der Waals surface area (Å²) in [5.41, 5.74) is 0.0185. The van der Waals surface area contributed by atoms with Gasteiger partial charge in [-0.25, -0.2) is 14.6 Å². The molecule has 1 aliphatic carbocycles. The molecule has 1 atom stereocenters. The minimum atomic E-state index is -1.05. The van der Waals surface area contributed by atoms with Crippen LogP contribution in [0.15, 0.2) is 5.38 Å². The van der Waals surface area contributed by atoms with Gasteiger partial charge in [-0.1, -0.05) is 12.8 Å². The van der Waals surface area contributed by atoms with Gasteiger partial charge in [-0.15, -0.1) is 11.3 Å². The van der Waals surface area contributed by atoms with Gasteiger partial charge in [-0.05, 0) is 25.7 Å². The number of rotatable bonds is 5. The smallest absolute Gasteiger partial charge is 0.355 e. The van der Waals surface area contributed by atoms with Crippen LogP contribution in [0, 0.1) is 5.92 Å². The van der Waals surface area contributed by atoms with Crippen molar-refractivity contribution in [1.82, 2.24) is 15.6 Å². The van der Waals surface area contributed by atoms with E-state index in [0.29, 0.717) is 17.5 Å². The summed E-state index contributed by atoms with van der Waals surface area (Å²) in [4.78, 5) is 26.5. The fourth-order valence-electron chi connectivity index (χ4n) is 2.35. The maximum Gasteiger partial charge on any atom is 0.355 e. The van der Waals surface area contributed by atoms with Crippen LogP contribution in [0.25, 0.3) is 0 Å². The number of amides is 2. The normalized spacial score (nSPS) is 16.9. The van der Waals surface area contributed by atoms with Crippen LogP contribution in [0.3, 0.4) is 0 Å². The Bertz CT molecular complexity index is 483. The number of carboxylic acids is 1. The maximum atomic E-state index is 11.8. The van der Waals surface area contributed by atoms with E-state index in [9.17, 15) is 9.59 Å². The Morgan fingerprint density at radius 2 is 2.20 bits per heavy atom. The maximum absolute atomic E-state index is 11.8. The quantitative estimate of drug-likeness (QED) is 0.778. The van der Waals surface area contributed by atoms with Crippen molar-refractivity contribution in [3.8, 4) is 0 Å². The second-order valence-corrected chi connectivity index (χ2v) is 5.99. The van der Waals surface area contributed by atoms with Crippen LogP contribution >= 0.6 is 11.3 Å². The molecule has 6 nitrogen and oxygen atoms in total. The van der Waals surface area contributed by atoms with Gasteiger partial charge in [0.1, 0.15) is 5.01 Å². The molecule has 1 unspecified atom stereocenters. The van der Waals surface area contributed by atoms with Crippen molar-refractivity contribution >= 4 is 23.3 Å². The van der Waals surface area contributed by atoms with E-state index < -0.39 is 5.97 Å². The molecule has 1 aromatic heterocycles. The Morgan fingerprint density at radius 3 is 2.80 bits per heavy atom. The second kappa shape index (κ2) is 6.69. The Balaban J connectivity index is 1.78. The van der Waals surface area contributed by atoms with Crippen molar-refractivity contribution < 1.29 is 14.7 Å². The third-order valence-electron chi connectivity index (χ3n) is 3.49. The summed E-state index contributed by atoms with van der Waals surface area (Å²) < 4.78 is 0. The van der Waals surface area contributed by atoms with Crippen LogP contribution < -0.4 is 10.6 Å². The Labute approximate surface area is 121 Å². The molecule has 0 saturated heterocycles. The van der Waals surface area contributed by atoms with Crippen molar-refractivity contribution in [1.29, 1.82) is 0 Å². The average Bonchev–Trinajstić information content (AvgIpc) is 3.07. The molecule has 7 heteroatoms. The zero-order valence-corrected chi connectivity index (χ0v) is 12.2. The minimum absolute atomic E-state index is 0.0185. The van der Waals surface area contributed by atoms with Crippen LogP contribution in [0.1, 0.15) is 54.1 Å². The molecule has 2 rings (SSSR count). The molecule has 2 amide bonds. The van der Waals surface area contributed by atoms with Gasteiger partial charge in [-0.2, -0.15) is 0 Å². The molecule has 0 spiro atoms. The predicted octanol–water partition coefficient (Wildman–Crippen LogP) is 2.39. The van der Waals surface area contributed by atoms with E-state index in [-0.39, 0.29) is 17.8 Å². The molecule has 0 radical (unpaired) electrons. The molecule has 0 aliphatic heterocycles. The van der Waals surface area contributed by atoms with Crippen LogP contribution in [-0.4, -0.2) is 28.6 Å². The molecule has 0 bridgehead atoms. The van der Waals surface area contributed by atoms with Crippen molar-refractivity contribution in [3.63, 3.8) is 0 Å². The predicted molar refractivity (Wildman–Crippen MR) is 76.0 cm³/mol. The highest BCUT2D eigenvalue weighted by Crippen LogP contribution is 2.23. The van der Waals surface area contributed by atoms with Gasteiger partial charge in [0.2, 0.25) is 0 Å². The number of aromatic nitrogens is 1. The van der Waals surface area contributed by atoms with E-state index >= 15 is 0 Å². The monoisotopic (exact) mass is 297 g/mol. The first-order valence-corrected chi connectivity index (χ1v) is 7.67. The number of thiazole rings is 1. The summed E-state index contributed by atoms with van der Waals surface area (Å²) in [6.45, 7) is 2.50. The number of nitrogens with one attached hydrogen (secondary N) is 2. The molecule has 20 heavy (non-hydrogen) atoms. The van der Waals surface area contributed by atoms with Gasteiger partial charge in [0, 0.05) is 11.9 Å². The lowest BCUT2D eigenvalue weighted by Crippen LogP contribution is -2.39. The van der Waals surface area contributed by atoms with Gasteiger partial charge in [0.05, 0.1) is 6.04 Å². The van der Waals surface area contributed by atoms with E-state index in [1.807, 2.05) is 0 Å².